The van der Waals surface area contributed by atoms with E-state index in [0.29, 0.717) is 11.8 Å². The number of carbonyl (C=O) groups excluding carboxylic acids is 1. The molecule has 1 aromatic carbocycles. The summed E-state index contributed by atoms with van der Waals surface area (Å²) in [5.74, 6) is 0. The van der Waals surface area contributed by atoms with Gasteiger partial charge in [0.2, 0.25) is 0 Å². The predicted molar refractivity (Wildman–Crippen MR) is 60.3 cm³/mol. The molecule has 0 spiro atoms. The maximum Gasteiger partial charge on any atom is 0.416 e. The van der Waals surface area contributed by atoms with Crippen molar-refractivity contribution >= 4 is 12.4 Å². The Balaban J connectivity index is 2.82. The van der Waals surface area contributed by atoms with Gasteiger partial charge in [0.25, 0.3) is 0 Å². The van der Waals surface area contributed by atoms with Crippen LogP contribution in [-0.4, -0.2) is 6.29 Å². The molecule has 4 heteroatoms. The molecule has 1 nitrogen and oxygen atoms in total. The predicted octanol–water partition coefficient (Wildman–Crippen LogP) is 3.86. The van der Waals surface area contributed by atoms with Gasteiger partial charge in [-0.25, -0.2) is 0 Å². The minimum Gasteiger partial charge on any atom is -0.299 e. The van der Waals surface area contributed by atoms with Gasteiger partial charge in [0.05, 0.1) is 5.56 Å². The monoisotopic (exact) mass is 240 g/mol. The summed E-state index contributed by atoms with van der Waals surface area (Å²) >= 11 is 0. The van der Waals surface area contributed by atoms with Crippen LogP contribution < -0.4 is 0 Å². The second-order valence-electron chi connectivity index (χ2n) is 3.50. The van der Waals surface area contributed by atoms with Gasteiger partial charge in [-0.15, -0.1) is 0 Å². The van der Waals surface area contributed by atoms with E-state index in [9.17, 15) is 18.0 Å². The highest BCUT2D eigenvalue weighted by Crippen LogP contribution is 2.29. The maximum absolute atomic E-state index is 12.3. The van der Waals surface area contributed by atoms with E-state index in [1.807, 2.05) is 0 Å². The average molecular weight is 240 g/mol. The van der Waals surface area contributed by atoms with Crippen molar-refractivity contribution in [3.8, 4) is 0 Å². The fourth-order valence-electron chi connectivity index (χ4n) is 1.17. The Labute approximate surface area is 97.3 Å². The zero-order valence-corrected chi connectivity index (χ0v) is 9.16. The van der Waals surface area contributed by atoms with Crippen LogP contribution in [-0.2, 0) is 11.0 Å². The Morgan fingerprint density at radius 1 is 1.18 bits per heavy atom. The summed E-state index contributed by atoms with van der Waals surface area (Å²) in [4.78, 5) is 10.1. The van der Waals surface area contributed by atoms with Crippen LogP contribution in [0.5, 0.6) is 0 Å². The molecule has 1 aromatic rings. The molecule has 0 unspecified atom stereocenters. The van der Waals surface area contributed by atoms with Crippen molar-refractivity contribution in [1.82, 2.24) is 0 Å². The highest BCUT2D eigenvalue weighted by molar-refractivity contribution is 5.68. The number of aldehydes is 1. The topological polar surface area (TPSA) is 17.1 Å². The van der Waals surface area contributed by atoms with Crippen LogP contribution in [0.3, 0.4) is 0 Å². The van der Waals surface area contributed by atoms with Gasteiger partial charge >= 0.3 is 6.18 Å². The highest BCUT2D eigenvalue weighted by atomic mass is 19.4. The molecule has 0 fully saturated rings. The van der Waals surface area contributed by atoms with Crippen molar-refractivity contribution in [3.05, 3.63) is 53.1 Å². The molecular formula is C13H11F3O. The van der Waals surface area contributed by atoms with Gasteiger partial charge in [0.15, 0.2) is 0 Å². The lowest BCUT2D eigenvalue weighted by molar-refractivity contribution is -0.137. The molecule has 90 valence electrons. The minimum absolute atomic E-state index is 0.650. The van der Waals surface area contributed by atoms with Crippen LogP contribution in [0.15, 0.2) is 42.0 Å². The lowest BCUT2D eigenvalue weighted by Gasteiger charge is -2.05. The molecule has 0 heterocycles. The zero-order chi connectivity index (χ0) is 12.9. The quantitative estimate of drug-likeness (QED) is 0.445. The summed E-state index contributed by atoms with van der Waals surface area (Å²) in [5, 5.41) is 0. The molecule has 0 amide bonds. The number of hydrogen-bond acceptors (Lipinski definition) is 1. The molecule has 17 heavy (non-hydrogen) atoms. The molecule has 0 aliphatic rings. The molecule has 0 saturated heterocycles. The van der Waals surface area contributed by atoms with Gasteiger partial charge < -0.3 is 0 Å². The summed E-state index contributed by atoms with van der Waals surface area (Å²) in [6.07, 6.45) is 1.04. The van der Waals surface area contributed by atoms with E-state index in [2.05, 4.69) is 0 Å². The van der Waals surface area contributed by atoms with Crippen LogP contribution in [0.1, 0.15) is 18.1 Å². The van der Waals surface area contributed by atoms with Crippen LogP contribution in [0.2, 0.25) is 0 Å². The molecule has 0 saturated carbocycles. The molecule has 0 atom stereocenters. The Morgan fingerprint density at radius 3 is 2.24 bits per heavy atom. The van der Waals surface area contributed by atoms with E-state index < -0.39 is 11.7 Å². The second kappa shape index (κ2) is 5.48. The molecule has 0 radical (unpaired) electrons. The number of halogens is 3. The Kier molecular flexibility index (Phi) is 4.26. The van der Waals surface area contributed by atoms with E-state index in [0.717, 1.165) is 17.7 Å². The van der Waals surface area contributed by atoms with Crippen LogP contribution in [0.4, 0.5) is 13.2 Å². The largest absolute Gasteiger partial charge is 0.416 e. The average Bonchev–Trinajstić information content (AvgIpc) is 2.26. The van der Waals surface area contributed by atoms with Crippen molar-refractivity contribution in [2.75, 3.05) is 0 Å². The lowest BCUT2D eigenvalue weighted by atomic mass is 10.1. The highest BCUT2D eigenvalue weighted by Gasteiger charge is 2.29. The zero-order valence-electron chi connectivity index (χ0n) is 9.16. The molecule has 0 bridgehead atoms. The number of benzene rings is 1. The van der Waals surface area contributed by atoms with E-state index in [1.165, 1.54) is 18.2 Å². The fourth-order valence-corrected chi connectivity index (χ4v) is 1.17. The van der Waals surface area contributed by atoms with E-state index in [-0.39, 0.29) is 0 Å². The third kappa shape index (κ3) is 4.26. The fraction of sp³-hybridized carbons (Fsp3) is 0.154. The molecule has 1 rings (SSSR count). The van der Waals surface area contributed by atoms with Crippen molar-refractivity contribution in [1.29, 1.82) is 0 Å². The summed E-state index contributed by atoms with van der Waals surface area (Å²) in [6.45, 7) is 1.73. The summed E-state index contributed by atoms with van der Waals surface area (Å²) in [6, 6.07) is 4.82. The van der Waals surface area contributed by atoms with Crippen molar-refractivity contribution < 1.29 is 18.0 Å². The maximum atomic E-state index is 12.3. The third-order valence-electron chi connectivity index (χ3n) is 2.11. The number of hydrogen-bond donors (Lipinski definition) is 0. The van der Waals surface area contributed by atoms with Crippen LogP contribution >= 0.6 is 0 Å². The summed E-state index contributed by atoms with van der Waals surface area (Å²) in [5.41, 5.74) is 0.714. The number of carbonyl (C=O) groups is 1. The van der Waals surface area contributed by atoms with E-state index in [4.69, 9.17) is 0 Å². The molecule has 0 aliphatic heterocycles. The van der Waals surface area contributed by atoms with Gasteiger partial charge in [-0.3, -0.25) is 4.79 Å². The summed E-state index contributed by atoms with van der Waals surface area (Å²) < 4.78 is 36.8. The van der Waals surface area contributed by atoms with Gasteiger partial charge in [-0.2, -0.15) is 13.2 Å². The van der Waals surface area contributed by atoms with Crippen LogP contribution in [0, 0.1) is 0 Å². The molecular weight excluding hydrogens is 229 g/mol. The second-order valence-corrected chi connectivity index (χ2v) is 3.50. The van der Waals surface area contributed by atoms with Crippen molar-refractivity contribution in [3.63, 3.8) is 0 Å². The molecule has 0 N–H and O–H groups in total. The first-order valence-electron chi connectivity index (χ1n) is 4.91. The number of rotatable bonds is 3. The molecule has 0 aliphatic carbocycles. The van der Waals surface area contributed by atoms with Gasteiger partial charge in [-0.1, -0.05) is 24.3 Å². The SMILES string of the molecule is CC(C=Cc1ccc(C(F)(F)F)cc1)=CC=O. The first-order chi connectivity index (χ1) is 7.93. The number of allylic oxidation sites excluding steroid dienone is 3. The minimum atomic E-state index is -4.31. The van der Waals surface area contributed by atoms with Crippen molar-refractivity contribution in [2.45, 2.75) is 13.1 Å². The standard InChI is InChI=1S/C13H11F3O/c1-10(8-9-17)2-3-11-4-6-12(7-5-11)13(14,15)16/h2-9H,1H3. The normalized spacial score (nSPS) is 13.1. The van der Waals surface area contributed by atoms with E-state index in [1.54, 1.807) is 19.1 Å². The Bertz CT molecular complexity index is 439. The molecule has 0 aromatic heterocycles. The first-order valence-corrected chi connectivity index (χ1v) is 4.91. The third-order valence-corrected chi connectivity index (χ3v) is 2.11. The van der Waals surface area contributed by atoms with Gasteiger partial charge in [0.1, 0.15) is 6.29 Å². The Morgan fingerprint density at radius 2 is 1.76 bits per heavy atom. The summed E-state index contributed by atoms with van der Waals surface area (Å²) in [7, 11) is 0. The lowest BCUT2D eigenvalue weighted by Crippen LogP contribution is -2.03. The van der Waals surface area contributed by atoms with Gasteiger partial charge in [0, 0.05) is 0 Å². The smallest absolute Gasteiger partial charge is 0.299 e. The number of alkyl halides is 3. The van der Waals surface area contributed by atoms with Crippen molar-refractivity contribution in [2.24, 2.45) is 0 Å². The van der Waals surface area contributed by atoms with Gasteiger partial charge in [-0.05, 0) is 36.3 Å². The first kappa shape index (κ1) is 13.2. The Hall–Kier alpha value is -1.84. The van der Waals surface area contributed by atoms with E-state index >= 15 is 0 Å². The van der Waals surface area contributed by atoms with Crippen LogP contribution in [0.25, 0.3) is 6.08 Å².